The Morgan fingerprint density at radius 1 is 1.21 bits per heavy atom. The third-order valence-corrected chi connectivity index (χ3v) is 4.95. The molecule has 0 heterocycles. The van der Waals surface area contributed by atoms with Crippen LogP contribution < -0.4 is 22.2 Å². The number of nitrogens with one attached hydrogen (secondary N) is 2. The molecule has 0 bridgehead atoms. The third kappa shape index (κ3) is 6.59. The van der Waals surface area contributed by atoms with E-state index in [9.17, 15) is 19.5 Å². The number of rotatable bonds is 8. The molecule has 1 fully saturated rings. The Balaban J connectivity index is 2.03. The van der Waals surface area contributed by atoms with Gasteiger partial charge in [-0.15, -0.1) is 0 Å². The van der Waals surface area contributed by atoms with E-state index in [4.69, 9.17) is 11.5 Å². The van der Waals surface area contributed by atoms with Gasteiger partial charge in [0.2, 0.25) is 11.8 Å². The molecule has 1 aromatic rings. The number of carboxylic acids is 1. The van der Waals surface area contributed by atoms with E-state index in [1.54, 1.807) is 0 Å². The van der Waals surface area contributed by atoms with E-state index in [1.165, 1.54) is 11.9 Å². The first-order chi connectivity index (χ1) is 13.3. The number of carboxylic acid groups (broad SMARTS) is 1. The average Bonchev–Trinajstić information content (AvgIpc) is 3.01. The first kappa shape index (κ1) is 21.8. The summed E-state index contributed by atoms with van der Waals surface area (Å²) in [4.78, 5) is 35.7. The number of hydrogen-bond donors (Lipinski definition) is 5. The van der Waals surface area contributed by atoms with Crippen molar-refractivity contribution in [2.75, 3.05) is 6.54 Å². The molecule has 0 radical (unpaired) electrons. The van der Waals surface area contributed by atoms with E-state index in [0.717, 1.165) is 5.56 Å². The van der Waals surface area contributed by atoms with Gasteiger partial charge in [0.25, 0.3) is 0 Å². The van der Waals surface area contributed by atoms with Crippen molar-refractivity contribution < 1.29 is 19.5 Å². The summed E-state index contributed by atoms with van der Waals surface area (Å²) in [5.41, 5.74) is 14.8. The summed E-state index contributed by atoms with van der Waals surface area (Å²) >= 11 is 0. The molecule has 1 aromatic carbocycles. The average molecular weight is 391 g/mol. The second-order valence-electron chi connectivity index (χ2n) is 7.22. The predicted octanol–water partition coefficient (Wildman–Crippen LogP) is -0.231. The minimum atomic E-state index is -0.893. The van der Waals surface area contributed by atoms with Crippen LogP contribution in [0.15, 0.2) is 30.3 Å². The molecule has 1 aliphatic rings. The second kappa shape index (κ2) is 10.2. The highest BCUT2D eigenvalue weighted by molar-refractivity contribution is 5.81. The van der Waals surface area contributed by atoms with E-state index in [2.05, 4.69) is 10.7 Å². The van der Waals surface area contributed by atoms with Gasteiger partial charge in [-0.25, -0.2) is 0 Å². The van der Waals surface area contributed by atoms with E-state index in [0.29, 0.717) is 25.8 Å². The van der Waals surface area contributed by atoms with Gasteiger partial charge in [-0.3, -0.25) is 30.1 Å². The van der Waals surface area contributed by atoms with Crippen molar-refractivity contribution in [2.24, 2.45) is 23.3 Å². The Bertz CT molecular complexity index is 682. The Kier molecular flexibility index (Phi) is 7.91. The van der Waals surface area contributed by atoms with Gasteiger partial charge in [-0.2, -0.15) is 0 Å². The van der Waals surface area contributed by atoms with Gasteiger partial charge in [0.05, 0.1) is 5.92 Å². The molecule has 0 saturated heterocycles. The number of hydrogen-bond acceptors (Lipinski definition) is 6. The highest BCUT2D eigenvalue weighted by Crippen LogP contribution is 2.34. The Morgan fingerprint density at radius 3 is 2.46 bits per heavy atom. The van der Waals surface area contributed by atoms with Crippen LogP contribution in [0.3, 0.4) is 0 Å². The predicted molar refractivity (Wildman–Crippen MR) is 103 cm³/mol. The molecule has 3 atom stereocenters. The summed E-state index contributed by atoms with van der Waals surface area (Å²) in [5.74, 6) is -2.27. The van der Waals surface area contributed by atoms with Crippen molar-refractivity contribution in [1.29, 1.82) is 0 Å². The molecule has 28 heavy (non-hydrogen) atoms. The molecule has 1 aliphatic carbocycles. The summed E-state index contributed by atoms with van der Waals surface area (Å²) < 4.78 is 0. The number of nitrogens with two attached hydrogens (primary N) is 2. The van der Waals surface area contributed by atoms with Crippen molar-refractivity contribution >= 4 is 17.8 Å². The Morgan fingerprint density at radius 2 is 1.89 bits per heavy atom. The molecular formula is C19H29N5O4. The number of carbonyl (C=O) groups is 3. The quantitative estimate of drug-likeness (QED) is 0.303. The van der Waals surface area contributed by atoms with Crippen LogP contribution in [0.1, 0.15) is 31.7 Å². The zero-order valence-electron chi connectivity index (χ0n) is 16.0. The lowest BCUT2D eigenvalue weighted by atomic mass is 9.98. The minimum Gasteiger partial charge on any atom is -0.481 e. The van der Waals surface area contributed by atoms with Crippen LogP contribution in [-0.4, -0.2) is 46.8 Å². The molecule has 9 nitrogen and oxygen atoms in total. The maximum atomic E-state index is 12.8. The zero-order valence-corrected chi connectivity index (χ0v) is 16.0. The van der Waals surface area contributed by atoms with Crippen molar-refractivity contribution in [3.63, 3.8) is 0 Å². The summed E-state index contributed by atoms with van der Waals surface area (Å²) in [6.07, 6.45) is 0.619. The van der Waals surface area contributed by atoms with Gasteiger partial charge in [0.15, 0.2) is 0 Å². The van der Waals surface area contributed by atoms with Crippen molar-refractivity contribution in [3.8, 4) is 0 Å². The Hall–Kier alpha value is -2.49. The van der Waals surface area contributed by atoms with Gasteiger partial charge in [0.1, 0.15) is 6.29 Å². The first-order valence-corrected chi connectivity index (χ1v) is 9.37. The molecule has 1 saturated carbocycles. The lowest BCUT2D eigenvalue weighted by Crippen LogP contribution is -2.52. The molecule has 0 spiro atoms. The summed E-state index contributed by atoms with van der Waals surface area (Å²) in [6.45, 7) is 1.67. The molecule has 2 rings (SSSR count). The molecule has 3 unspecified atom stereocenters. The van der Waals surface area contributed by atoms with Crippen LogP contribution in [0.4, 0.5) is 0 Å². The van der Waals surface area contributed by atoms with Crippen molar-refractivity contribution in [3.05, 3.63) is 35.9 Å². The molecule has 0 aliphatic heterocycles. The topological polar surface area (TPSA) is 151 Å². The van der Waals surface area contributed by atoms with Crippen molar-refractivity contribution in [2.45, 2.75) is 44.9 Å². The van der Waals surface area contributed by atoms with Gasteiger partial charge in [0, 0.05) is 25.9 Å². The van der Waals surface area contributed by atoms with E-state index in [-0.39, 0.29) is 30.2 Å². The van der Waals surface area contributed by atoms with Gasteiger partial charge >= 0.3 is 5.97 Å². The van der Waals surface area contributed by atoms with E-state index >= 15 is 0 Å². The molecule has 9 heteroatoms. The fourth-order valence-electron chi connectivity index (χ4n) is 3.66. The monoisotopic (exact) mass is 391 g/mol. The largest absolute Gasteiger partial charge is 0.481 e. The van der Waals surface area contributed by atoms with Gasteiger partial charge in [-0.05, 0) is 30.7 Å². The maximum absolute atomic E-state index is 12.8. The van der Waals surface area contributed by atoms with Gasteiger partial charge < -0.3 is 16.6 Å². The smallest absolute Gasteiger partial charge is 0.306 e. The lowest BCUT2D eigenvalue weighted by molar-refractivity contribution is -0.142. The minimum absolute atomic E-state index is 0.100. The summed E-state index contributed by atoms with van der Waals surface area (Å²) in [7, 11) is 0. The molecule has 7 N–H and O–H groups in total. The molecular weight excluding hydrogens is 362 g/mol. The maximum Gasteiger partial charge on any atom is 0.306 e. The summed E-state index contributed by atoms with van der Waals surface area (Å²) in [6, 6.07) is 9.38. The SMILES string of the molecule is CC(=O)NN(CCc1ccccc1)C(=O)CC1CC(C(=O)O)CC1NC(N)N. The zero-order chi connectivity index (χ0) is 20.7. The number of carbonyl (C=O) groups excluding carboxylic acids is 2. The summed E-state index contributed by atoms with van der Waals surface area (Å²) in [5, 5.41) is 13.6. The highest BCUT2D eigenvalue weighted by Gasteiger charge is 2.39. The van der Waals surface area contributed by atoms with Crippen LogP contribution >= 0.6 is 0 Å². The molecule has 2 amide bonds. The number of nitrogens with zero attached hydrogens (tertiary/aromatic N) is 1. The Labute approximate surface area is 164 Å². The third-order valence-electron chi connectivity index (χ3n) is 4.95. The number of amides is 2. The van der Waals surface area contributed by atoms with Crippen LogP contribution in [0.2, 0.25) is 0 Å². The number of aliphatic carboxylic acids is 1. The lowest BCUT2D eigenvalue weighted by Gasteiger charge is -2.27. The fraction of sp³-hybridized carbons (Fsp3) is 0.526. The van der Waals surface area contributed by atoms with Crippen LogP contribution in [0.5, 0.6) is 0 Å². The second-order valence-corrected chi connectivity index (χ2v) is 7.22. The fourth-order valence-corrected chi connectivity index (χ4v) is 3.66. The highest BCUT2D eigenvalue weighted by atomic mass is 16.4. The van der Waals surface area contributed by atoms with Crippen LogP contribution in [-0.2, 0) is 20.8 Å². The van der Waals surface area contributed by atoms with Crippen LogP contribution in [0.25, 0.3) is 0 Å². The molecule has 0 aromatic heterocycles. The van der Waals surface area contributed by atoms with Crippen molar-refractivity contribution in [1.82, 2.24) is 15.8 Å². The van der Waals surface area contributed by atoms with Gasteiger partial charge in [-0.1, -0.05) is 30.3 Å². The van der Waals surface area contributed by atoms with E-state index < -0.39 is 18.2 Å². The molecule has 154 valence electrons. The number of hydrazine groups is 1. The first-order valence-electron chi connectivity index (χ1n) is 9.37. The normalized spacial score (nSPS) is 21.5. The van der Waals surface area contributed by atoms with Crippen LogP contribution in [0, 0.1) is 11.8 Å². The standard InChI is InChI=1S/C19H29N5O4/c1-12(25)23-24(8-7-13-5-3-2-4-6-13)17(26)11-14-9-15(18(27)28)10-16(14)22-19(20)21/h2-6,14-16,19,22H,7-11,20-21H2,1H3,(H,23,25)(H,27,28). The number of benzene rings is 1. The van der Waals surface area contributed by atoms with E-state index in [1.807, 2.05) is 30.3 Å².